The fraction of sp³-hybridized carbons (Fsp3) is 0.286. The molecule has 39 heavy (non-hydrogen) atoms. The molecule has 0 amide bonds. The Hall–Kier alpha value is -2.72. The summed E-state index contributed by atoms with van der Waals surface area (Å²) in [5, 5.41) is 16.1. The zero-order valence-electron chi connectivity index (χ0n) is 24.8. The molecule has 4 aromatic rings. The Bertz CT molecular complexity index is 1320. The second-order valence-corrected chi connectivity index (χ2v) is 10.4. The van der Waals surface area contributed by atoms with E-state index in [0.29, 0.717) is 24.1 Å². The number of aromatic hydroxyl groups is 1. The van der Waals surface area contributed by atoms with Crippen molar-refractivity contribution in [3.63, 3.8) is 0 Å². The van der Waals surface area contributed by atoms with Crippen LogP contribution in [0, 0.1) is 14.9 Å². The fourth-order valence-electron chi connectivity index (χ4n) is 4.76. The molecule has 4 rings (SSSR count). The molecule has 0 saturated heterocycles. The smallest absolute Gasteiger partial charge is 0.126 e. The van der Waals surface area contributed by atoms with Gasteiger partial charge in [-0.1, -0.05) is 126 Å². The van der Waals surface area contributed by atoms with Crippen molar-refractivity contribution in [3.05, 3.63) is 121 Å². The van der Waals surface area contributed by atoms with Crippen LogP contribution in [-0.2, 0) is 32.4 Å². The second kappa shape index (κ2) is 15.2. The summed E-state index contributed by atoms with van der Waals surface area (Å²) in [5.74, 6) is 1.40. The maximum atomic E-state index is 11.1. The molecular formula is C35H43HfN2O-3. The van der Waals surface area contributed by atoms with Crippen LogP contribution in [0.3, 0.4) is 0 Å². The number of nitrogens with zero attached hydrogens (tertiary/aromatic N) is 2. The Labute approximate surface area is 255 Å². The number of phenolic OH excluding ortho intramolecular Hbond substituents is 1. The summed E-state index contributed by atoms with van der Waals surface area (Å²) in [7, 11) is 0. The van der Waals surface area contributed by atoms with E-state index in [1.165, 1.54) is 11.1 Å². The molecule has 0 saturated carbocycles. The van der Waals surface area contributed by atoms with Crippen LogP contribution in [0.15, 0.2) is 78.9 Å². The van der Waals surface area contributed by atoms with Crippen LogP contribution in [0.5, 0.6) is 5.75 Å². The predicted octanol–water partition coefficient (Wildman–Crippen LogP) is 10.6. The molecule has 0 aliphatic heterocycles. The van der Waals surface area contributed by atoms with Gasteiger partial charge in [-0.2, -0.15) is 0 Å². The van der Waals surface area contributed by atoms with E-state index in [-0.39, 0.29) is 46.6 Å². The van der Waals surface area contributed by atoms with E-state index in [1.54, 1.807) is 0 Å². The van der Waals surface area contributed by atoms with Gasteiger partial charge >= 0.3 is 0 Å². The van der Waals surface area contributed by atoms with Crippen LogP contribution in [-0.4, -0.2) is 10.1 Å². The minimum atomic E-state index is 0. The summed E-state index contributed by atoms with van der Waals surface area (Å²) in [6.45, 7) is 13.6. The zero-order valence-corrected chi connectivity index (χ0v) is 28.4. The van der Waals surface area contributed by atoms with E-state index in [4.69, 9.17) is 10.3 Å². The van der Waals surface area contributed by atoms with Crippen molar-refractivity contribution in [1.29, 1.82) is 0 Å². The number of hydrogen-bond donors (Lipinski definition) is 1. The van der Waals surface area contributed by atoms with E-state index in [1.807, 2.05) is 48.5 Å². The minimum absolute atomic E-state index is 0. The van der Waals surface area contributed by atoms with Crippen LogP contribution >= 0.6 is 0 Å². The Morgan fingerprint density at radius 1 is 0.615 bits per heavy atom. The van der Waals surface area contributed by atoms with Crippen LogP contribution < -0.4 is 0 Å². The quantitative estimate of drug-likeness (QED) is 0.148. The molecule has 0 bridgehead atoms. The van der Waals surface area contributed by atoms with Gasteiger partial charge in [-0.3, -0.25) is 4.98 Å². The first-order chi connectivity index (χ1) is 17.3. The molecule has 1 aromatic heterocycles. The maximum absolute atomic E-state index is 11.1. The van der Waals surface area contributed by atoms with Crippen LogP contribution in [0.4, 0.5) is 5.69 Å². The summed E-state index contributed by atoms with van der Waals surface area (Å²) in [5.41, 5.74) is 9.24. The molecule has 0 radical (unpaired) electrons. The molecule has 0 unspecified atom stereocenters. The number of benzene rings is 3. The third-order valence-corrected chi connectivity index (χ3v) is 6.73. The fourth-order valence-corrected chi connectivity index (χ4v) is 4.76. The summed E-state index contributed by atoms with van der Waals surface area (Å²) in [6.07, 6.45) is 0. The van der Waals surface area contributed by atoms with Gasteiger partial charge in [0.15, 0.2) is 0 Å². The summed E-state index contributed by atoms with van der Waals surface area (Å²) >= 11 is 0. The SMILES string of the molecule is CC(C)c1cccc(-c2ccccc2-c2cccc(C[N-]c3c(C(C)C)cccc3C(C)C)n2)c1O.[CH3-].[CH3-].[Hf]. The van der Waals surface area contributed by atoms with E-state index < -0.39 is 0 Å². The number of pyridine rings is 1. The Morgan fingerprint density at radius 3 is 1.69 bits per heavy atom. The van der Waals surface area contributed by atoms with Crippen LogP contribution in [0.1, 0.15) is 81.7 Å². The first-order valence-corrected chi connectivity index (χ1v) is 13.0. The molecule has 4 heteroatoms. The molecular weight excluding hydrogens is 643 g/mol. The molecule has 1 N–H and O–H groups in total. The summed E-state index contributed by atoms with van der Waals surface area (Å²) in [4.78, 5) is 5.01. The predicted molar refractivity (Wildman–Crippen MR) is 165 cm³/mol. The maximum Gasteiger partial charge on any atom is 0.126 e. The number of para-hydroxylation sites is 2. The van der Waals surface area contributed by atoms with Gasteiger partial charge < -0.3 is 25.3 Å². The summed E-state index contributed by atoms with van der Waals surface area (Å²) < 4.78 is 0. The number of rotatable bonds is 8. The topological polar surface area (TPSA) is 47.2 Å². The van der Waals surface area contributed by atoms with Gasteiger partial charge in [0.25, 0.3) is 0 Å². The van der Waals surface area contributed by atoms with E-state index >= 15 is 0 Å². The van der Waals surface area contributed by atoms with E-state index in [9.17, 15) is 5.11 Å². The van der Waals surface area contributed by atoms with Crippen molar-refractivity contribution in [2.45, 2.75) is 65.8 Å². The van der Waals surface area contributed by atoms with Gasteiger partial charge in [0, 0.05) is 42.7 Å². The van der Waals surface area contributed by atoms with E-state index in [0.717, 1.165) is 39.3 Å². The molecule has 3 nitrogen and oxygen atoms in total. The van der Waals surface area contributed by atoms with Crippen molar-refractivity contribution in [3.8, 4) is 28.1 Å². The average Bonchev–Trinajstić information content (AvgIpc) is 2.87. The monoisotopic (exact) mass is 687 g/mol. The minimum Gasteiger partial charge on any atom is -0.679 e. The molecule has 0 atom stereocenters. The van der Waals surface area contributed by atoms with Gasteiger partial charge in [-0.05, 0) is 41.0 Å². The van der Waals surface area contributed by atoms with Gasteiger partial charge in [-0.25, -0.2) is 0 Å². The summed E-state index contributed by atoms with van der Waals surface area (Å²) in [6, 6.07) is 26.8. The molecule has 0 fully saturated rings. The standard InChI is InChI=1S/C33H37N2O.2CH3.Hf/c1-21(2)25-15-10-16-26(22(3)4)32(25)34-20-24-12-9-19-31(35-24)29-14-8-7-13-28(29)30-18-11-17-27(23(5)6)33(30)36;;;/h7-19,21-23H,20H2,1-6H3,(H,35,36);2*1H3;/q3*-1;. The molecule has 1 heterocycles. The molecule has 206 valence electrons. The zero-order chi connectivity index (χ0) is 25.8. The molecule has 0 spiro atoms. The van der Waals surface area contributed by atoms with Gasteiger partial charge in [-0.15, -0.1) is 5.69 Å². The van der Waals surface area contributed by atoms with Gasteiger partial charge in [0.2, 0.25) is 0 Å². The van der Waals surface area contributed by atoms with Gasteiger partial charge in [0.05, 0.1) is 5.69 Å². The third-order valence-electron chi connectivity index (χ3n) is 6.73. The van der Waals surface area contributed by atoms with Crippen molar-refractivity contribution in [2.24, 2.45) is 0 Å². The first-order valence-electron chi connectivity index (χ1n) is 13.0. The molecule has 3 aromatic carbocycles. The Balaban J connectivity index is 0.00000253. The number of phenols is 1. The Morgan fingerprint density at radius 2 is 1.10 bits per heavy atom. The average molecular weight is 686 g/mol. The molecule has 0 aliphatic carbocycles. The van der Waals surface area contributed by atoms with Crippen LogP contribution in [0.25, 0.3) is 27.7 Å². The normalized spacial score (nSPS) is 10.6. The Kier molecular flexibility index (Phi) is 13.3. The van der Waals surface area contributed by atoms with Crippen molar-refractivity contribution in [2.75, 3.05) is 0 Å². The second-order valence-electron chi connectivity index (χ2n) is 10.4. The van der Waals surface area contributed by atoms with Crippen molar-refractivity contribution in [1.82, 2.24) is 4.98 Å². The van der Waals surface area contributed by atoms with E-state index in [2.05, 4.69) is 71.9 Å². The van der Waals surface area contributed by atoms with Gasteiger partial charge in [0.1, 0.15) is 5.75 Å². The number of hydrogen-bond acceptors (Lipinski definition) is 2. The molecule has 0 aliphatic rings. The van der Waals surface area contributed by atoms with Crippen molar-refractivity contribution < 1.29 is 30.9 Å². The van der Waals surface area contributed by atoms with Crippen molar-refractivity contribution >= 4 is 5.69 Å². The van der Waals surface area contributed by atoms with Crippen LogP contribution in [0.2, 0.25) is 0 Å². The number of aromatic nitrogens is 1. The largest absolute Gasteiger partial charge is 0.679 e. The first kappa shape index (κ1) is 34.3. The third kappa shape index (κ3) is 7.69.